The summed E-state index contributed by atoms with van der Waals surface area (Å²) >= 11 is 0. The molecule has 3 heterocycles. The van der Waals surface area contributed by atoms with Crippen LogP contribution in [0.4, 0.5) is 11.9 Å². The van der Waals surface area contributed by atoms with Crippen LogP contribution in [-0.4, -0.2) is 44.1 Å². The van der Waals surface area contributed by atoms with Crippen molar-refractivity contribution in [2.24, 2.45) is 0 Å². The summed E-state index contributed by atoms with van der Waals surface area (Å²) in [6, 6.07) is 0.954. The van der Waals surface area contributed by atoms with Gasteiger partial charge in [-0.2, -0.15) is 19.6 Å². The van der Waals surface area contributed by atoms with Gasteiger partial charge >= 0.3 is 0 Å². The lowest BCUT2D eigenvalue weighted by molar-refractivity contribution is -0.116. The summed E-state index contributed by atoms with van der Waals surface area (Å²) < 4.78 is 1.73. The Balaban J connectivity index is 1.58. The highest BCUT2D eigenvalue weighted by atomic mass is 16.1. The number of aromatic nitrogens is 4. The van der Waals surface area contributed by atoms with Crippen molar-refractivity contribution >= 4 is 29.5 Å². The monoisotopic (exact) mass is 325 g/mol. The van der Waals surface area contributed by atoms with E-state index in [1.807, 2.05) is 6.08 Å². The maximum absolute atomic E-state index is 11.8. The Morgan fingerprint density at radius 2 is 1.96 bits per heavy atom. The van der Waals surface area contributed by atoms with Gasteiger partial charge in [0.1, 0.15) is 0 Å². The van der Waals surface area contributed by atoms with Crippen LogP contribution in [0.2, 0.25) is 0 Å². The number of carbonyl (C=O) groups is 1. The van der Waals surface area contributed by atoms with Gasteiger partial charge in [-0.1, -0.05) is 0 Å². The third-order valence-electron chi connectivity index (χ3n) is 4.52. The molecule has 124 valence electrons. The fraction of sp³-hybridized carbons (Fsp3) is 0.500. The molecular formula is C16H19N7O. The van der Waals surface area contributed by atoms with Crippen LogP contribution in [0.15, 0.2) is 11.8 Å². The van der Waals surface area contributed by atoms with Gasteiger partial charge in [-0.3, -0.25) is 4.79 Å². The molecule has 0 atom stereocenters. The van der Waals surface area contributed by atoms with Gasteiger partial charge in [-0.25, -0.2) is 0 Å². The summed E-state index contributed by atoms with van der Waals surface area (Å²) in [4.78, 5) is 21.0. The minimum absolute atomic E-state index is 0.00364. The Bertz CT molecular complexity index is 847. The third kappa shape index (κ3) is 2.57. The second kappa shape index (κ2) is 5.19. The smallest absolute Gasteiger partial charge is 0.247 e. The van der Waals surface area contributed by atoms with Crippen LogP contribution >= 0.6 is 0 Å². The molecule has 0 radical (unpaired) electrons. The second-order valence-electron chi connectivity index (χ2n) is 6.72. The van der Waals surface area contributed by atoms with Crippen molar-refractivity contribution in [3.63, 3.8) is 0 Å². The fourth-order valence-electron chi connectivity index (χ4n) is 2.84. The first kappa shape index (κ1) is 13.8. The Morgan fingerprint density at radius 3 is 2.67 bits per heavy atom. The van der Waals surface area contributed by atoms with Gasteiger partial charge in [0.25, 0.3) is 0 Å². The first-order valence-electron chi connectivity index (χ1n) is 8.54. The molecule has 3 fully saturated rings. The van der Waals surface area contributed by atoms with Crippen LogP contribution in [0.25, 0.3) is 11.7 Å². The zero-order valence-corrected chi connectivity index (χ0v) is 13.2. The lowest BCUT2D eigenvalue weighted by Crippen LogP contribution is -2.14. The number of nitrogens with one attached hydrogen (secondary N) is 3. The van der Waals surface area contributed by atoms with Crippen LogP contribution in [-0.2, 0) is 4.79 Å². The minimum atomic E-state index is -0.00364. The Kier molecular flexibility index (Phi) is 2.97. The third-order valence-corrected chi connectivity index (χ3v) is 4.52. The molecule has 1 amide bonds. The summed E-state index contributed by atoms with van der Waals surface area (Å²) in [7, 11) is 0. The van der Waals surface area contributed by atoms with Crippen LogP contribution in [0.1, 0.15) is 37.7 Å². The van der Waals surface area contributed by atoms with Gasteiger partial charge in [0.05, 0.1) is 6.20 Å². The molecule has 2 aromatic heterocycles. The molecule has 2 aliphatic carbocycles. The van der Waals surface area contributed by atoms with Gasteiger partial charge in [0, 0.05) is 29.8 Å². The SMILES string of the molecule is O=C1NCC/C1=C\c1cnn2c(NC3CC3)nc(NC3CC3)nc12. The largest absolute Gasteiger partial charge is 0.352 e. The van der Waals surface area contributed by atoms with Crippen molar-refractivity contribution < 1.29 is 4.79 Å². The summed E-state index contributed by atoms with van der Waals surface area (Å²) in [5.41, 5.74) is 2.35. The summed E-state index contributed by atoms with van der Waals surface area (Å²) in [6.45, 7) is 0.696. The molecule has 8 nitrogen and oxygen atoms in total. The lowest BCUT2D eigenvalue weighted by atomic mass is 10.1. The molecule has 2 aromatic rings. The topological polar surface area (TPSA) is 96.2 Å². The Morgan fingerprint density at radius 1 is 1.17 bits per heavy atom. The van der Waals surface area contributed by atoms with Gasteiger partial charge in [0.15, 0.2) is 5.65 Å². The predicted molar refractivity (Wildman–Crippen MR) is 89.7 cm³/mol. The molecule has 24 heavy (non-hydrogen) atoms. The van der Waals surface area contributed by atoms with Crippen molar-refractivity contribution in [2.75, 3.05) is 17.2 Å². The first-order chi connectivity index (χ1) is 11.8. The number of anilines is 2. The van der Waals surface area contributed by atoms with E-state index in [-0.39, 0.29) is 5.91 Å². The zero-order chi connectivity index (χ0) is 16.1. The minimum Gasteiger partial charge on any atom is -0.352 e. The van der Waals surface area contributed by atoms with E-state index in [9.17, 15) is 4.79 Å². The predicted octanol–water partition coefficient (Wildman–Crippen LogP) is 1.18. The first-order valence-corrected chi connectivity index (χ1v) is 8.54. The van der Waals surface area contributed by atoms with E-state index in [1.165, 1.54) is 0 Å². The Hall–Kier alpha value is -2.64. The standard InChI is InChI=1S/C16H19N7O/c24-14-9(5-6-17-14)7-10-8-18-23-13(10)21-15(19-11-1-2-11)22-16(23)20-12-3-4-12/h7-8,11-12H,1-6H2,(H,17,24)(H2,19,20,21,22)/b9-7+. The molecule has 3 N–H and O–H groups in total. The normalized spacial score (nSPS) is 22.2. The molecule has 0 aromatic carbocycles. The average molecular weight is 325 g/mol. The van der Waals surface area contributed by atoms with Gasteiger partial charge in [-0.05, 0) is 38.2 Å². The van der Waals surface area contributed by atoms with E-state index in [4.69, 9.17) is 0 Å². The van der Waals surface area contributed by atoms with E-state index < -0.39 is 0 Å². The average Bonchev–Trinajstić information content (AvgIpc) is 3.47. The maximum atomic E-state index is 11.8. The number of carbonyl (C=O) groups excluding carboxylic acids is 1. The van der Waals surface area contributed by atoms with E-state index in [2.05, 4.69) is 31.0 Å². The highest BCUT2D eigenvalue weighted by Gasteiger charge is 2.26. The quantitative estimate of drug-likeness (QED) is 0.714. The van der Waals surface area contributed by atoms with Crippen molar-refractivity contribution in [2.45, 2.75) is 44.2 Å². The van der Waals surface area contributed by atoms with Crippen molar-refractivity contribution in [3.8, 4) is 0 Å². The highest BCUT2D eigenvalue weighted by molar-refractivity contribution is 6.00. The molecule has 1 saturated heterocycles. The van der Waals surface area contributed by atoms with Crippen LogP contribution in [0, 0.1) is 0 Å². The number of rotatable bonds is 5. The number of amides is 1. The van der Waals surface area contributed by atoms with Crippen molar-refractivity contribution in [1.82, 2.24) is 24.9 Å². The summed E-state index contributed by atoms with van der Waals surface area (Å²) in [5, 5.41) is 14.0. The number of nitrogens with zero attached hydrogens (tertiary/aromatic N) is 4. The number of fused-ring (bicyclic) bond motifs is 1. The second-order valence-corrected chi connectivity index (χ2v) is 6.72. The molecule has 8 heteroatoms. The molecule has 0 spiro atoms. The molecule has 0 bridgehead atoms. The van der Waals surface area contributed by atoms with Crippen LogP contribution in [0.3, 0.4) is 0 Å². The van der Waals surface area contributed by atoms with Crippen LogP contribution < -0.4 is 16.0 Å². The lowest BCUT2D eigenvalue weighted by Gasteiger charge is -2.09. The number of hydrogen-bond donors (Lipinski definition) is 3. The fourth-order valence-corrected chi connectivity index (χ4v) is 2.84. The number of hydrogen-bond acceptors (Lipinski definition) is 6. The van der Waals surface area contributed by atoms with E-state index in [0.29, 0.717) is 30.5 Å². The summed E-state index contributed by atoms with van der Waals surface area (Å²) in [6.07, 6.45) is 9.03. The molecule has 3 aliphatic rings. The zero-order valence-electron chi connectivity index (χ0n) is 13.2. The molecular weight excluding hydrogens is 306 g/mol. The highest BCUT2D eigenvalue weighted by Crippen LogP contribution is 2.28. The molecule has 5 rings (SSSR count). The van der Waals surface area contributed by atoms with Gasteiger partial charge in [0.2, 0.25) is 17.8 Å². The van der Waals surface area contributed by atoms with Crippen LogP contribution in [0.5, 0.6) is 0 Å². The van der Waals surface area contributed by atoms with E-state index >= 15 is 0 Å². The summed E-state index contributed by atoms with van der Waals surface area (Å²) in [5.74, 6) is 1.34. The molecule has 2 saturated carbocycles. The van der Waals surface area contributed by atoms with Crippen molar-refractivity contribution in [1.29, 1.82) is 0 Å². The molecule has 1 aliphatic heterocycles. The van der Waals surface area contributed by atoms with E-state index in [1.54, 1.807) is 10.7 Å². The van der Waals surface area contributed by atoms with Gasteiger partial charge in [-0.15, -0.1) is 0 Å². The maximum Gasteiger partial charge on any atom is 0.247 e. The Labute approximate surface area is 138 Å². The van der Waals surface area contributed by atoms with Gasteiger partial charge < -0.3 is 16.0 Å². The molecule has 0 unspecified atom stereocenters. The van der Waals surface area contributed by atoms with E-state index in [0.717, 1.165) is 48.9 Å². The van der Waals surface area contributed by atoms with Crippen molar-refractivity contribution in [3.05, 3.63) is 17.3 Å².